The summed E-state index contributed by atoms with van der Waals surface area (Å²) in [5.41, 5.74) is 1.78. The first-order chi connectivity index (χ1) is 16.5. The van der Waals surface area contributed by atoms with Crippen molar-refractivity contribution in [2.45, 2.75) is 20.0 Å². The Morgan fingerprint density at radius 2 is 1.65 bits per heavy atom. The van der Waals surface area contributed by atoms with Gasteiger partial charge in [-0.1, -0.05) is 40.2 Å². The number of rotatable bonds is 7. The van der Waals surface area contributed by atoms with E-state index < -0.39 is 0 Å². The maximum absolute atomic E-state index is 13.1. The number of halogens is 1. The first-order valence-electron chi connectivity index (χ1n) is 11.8. The summed E-state index contributed by atoms with van der Waals surface area (Å²) in [6.07, 6.45) is 7.04. The van der Waals surface area contributed by atoms with E-state index in [4.69, 9.17) is 9.47 Å². The minimum absolute atomic E-state index is 0.157. The number of ether oxygens (including phenoxy) is 2. The number of imide groups is 1. The Hall–Kier alpha value is -2.93. The second kappa shape index (κ2) is 8.38. The lowest BCUT2D eigenvalue weighted by Gasteiger charge is -2.37. The molecule has 0 radical (unpaired) electrons. The molecule has 0 spiro atoms. The molecule has 6 nitrogen and oxygen atoms in total. The molecule has 6 atom stereocenters. The van der Waals surface area contributed by atoms with Crippen molar-refractivity contribution in [3.05, 3.63) is 70.2 Å². The lowest BCUT2D eigenvalue weighted by atomic mass is 9.63. The van der Waals surface area contributed by atoms with Gasteiger partial charge in [0.25, 0.3) is 11.8 Å². The molecule has 0 aromatic heterocycles. The highest BCUT2D eigenvalue weighted by molar-refractivity contribution is 9.10. The van der Waals surface area contributed by atoms with Crippen molar-refractivity contribution < 1.29 is 19.1 Å². The van der Waals surface area contributed by atoms with Crippen molar-refractivity contribution >= 4 is 34.0 Å². The van der Waals surface area contributed by atoms with Crippen LogP contribution in [0.3, 0.4) is 0 Å². The van der Waals surface area contributed by atoms with Crippen molar-refractivity contribution in [2.24, 2.45) is 40.6 Å². The molecule has 174 valence electrons. The molecule has 2 amide bonds. The van der Waals surface area contributed by atoms with Crippen molar-refractivity contribution in [3.8, 4) is 11.5 Å². The van der Waals surface area contributed by atoms with Crippen LogP contribution in [-0.2, 0) is 16.2 Å². The summed E-state index contributed by atoms with van der Waals surface area (Å²) in [5, 5.41) is 5.43. The van der Waals surface area contributed by atoms with Crippen LogP contribution in [-0.4, -0.2) is 29.6 Å². The zero-order valence-corrected chi connectivity index (χ0v) is 20.4. The second-order valence-corrected chi connectivity index (χ2v) is 10.4. The van der Waals surface area contributed by atoms with Crippen LogP contribution in [0.5, 0.6) is 11.5 Å². The summed E-state index contributed by atoms with van der Waals surface area (Å²) < 4.78 is 12.8. The minimum atomic E-state index is -0.239. The third-order valence-electron chi connectivity index (χ3n) is 7.54. The molecule has 34 heavy (non-hydrogen) atoms. The van der Waals surface area contributed by atoms with E-state index in [0.29, 0.717) is 36.5 Å². The first-order valence-corrected chi connectivity index (χ1v) is 12.6. The summed E-state index contributed by atoms with van der Waals surface area (Å²) >= 11 is 3.44. The zero-order chi connectivity index (χ0) is 23.4. The molecule has 7 heteroatoms. The van der Waals surface area contributed by atoms with Crippen molar-refractivity contribution in [1.29, 1.82) is 0 Å². The largest absolute Gasteiger partial charge is 0.490 e. The number of hydrogen-bond donors (Lipinski definition) is 0. The fraction of sp³-hybridized carbons (Fsp3) is 0.370. The van der Waals surface area contributed by atoms with Gasteiger partial charge >= 0.3 is 0 Å². The molecule has 4 aliphatic carbocycles. The summed E-state index contributed by atoms with van der Waals surface area (Å²) in [5.74, 6) is 1.99. The standard InChI is InChI=1S/C27H25BrN2O4/c1-2-33-23-11-16(5-10-22(23)34-14-15-3-6-17(28)7-4-15)13-29-30-26(31)24-18-8-9-19(21-12-20(18)21)25(24)27(30)32/h3-11,13,18-21,24-25H,2,12,14H2,1H3/b29-13-/t18-,19-,20-,21+,24-,25+/m0/s1. The molecule has 2 bridgehead atoms. The third kappa shape index (κ3) is 3.57. The van der Waals surface area contributed by atoms with Crippen LogP contribution in [0.1, 0.15) is 24.5 Å². The average Bonchev–Trinajstić information content (AvgIpc) is 3.63. The molecular weight excluding hydrogens is 496 g/mol. The molecule has 7 rings (SSSR count). The number of hydrogen-bond acceptors (Lipinski definition) is 5. The quantitative estimate of drug-likeness (QED) is 0.298. The van der Waals surface area contributed by atoms with Gasteiger partial charge in [0.05, 0.1) is 24.7 Å². The molecule has 2 saturated carbocycles. The van der Waals surface area contributed by atoms with Crippen LogP contribution < -0.4 is 9.47 Å². The Kier molecular flexibility index (Phi) is 5.32. The van der Waals surface area contributed by atoms with Gasteiger partial charge in [-0.05, 0) is 78.5 Å². The highest BCUT2D eigenvalue weighted by Crippen LogP contribution is 2.65. The van der Waals surface area contributed by atoms with E-state index in [-0.39, 0.29) is 35.5 Å². The molecule has 1 saturated heterocycles. The predicted molar refractivity (Wildman–Crippen MR) is 130 cm³/mol. The highest BCUT2D eigenvalue weighted by atomic mass is 79.9. The normalized spacial score (nSPS) is 30.6. The minimum Gasteiger partial charge on any atom is -0.490 e. The molecule has 5 aliphatic rings. The lowest BCUT2D eigenvalue weighted by Crippen LogP contribution is -2.40. The number of carbonyl (C=O) groups is 2. The Morgan fingerprint density at radius 1 is 0.971 bits per heavy atom. The molecule has 1 heterocycles. The highest BCUT2D eigenvalue weighted by Gasteiger charge is 2.67. The lowest BCUT2D eigenvalue weighted by molar-refractivity contribution is -0.140. The van der Waals surface area contributed by atoms with Gasteiger partial charge in [0.1, 0.15) is 6.61 Å². The second-order valence-electron chi connectivity index (χ2n) is 9.44. The molecule has 1 aliphatic heterocycles. The maximum atomic E-state index is 13.1. The summed E-state index contributed by atoms with van der Waals surface area (Å²) in [4.78, 5) is 26.2. The molecule has 3 fully saturated rings. The fourth-order valence-corrected chi connectivity index (χ4v) is 6.18. The van der Waals surface area contributed by atoms with Crippen molar-refractivity contribution in [1.82, 2.24) is 5.01 Å². The smallest absolute Gasteiger partial charge is 0.254 e. The number of carbonyl (C=O) groups excluding carboxylic acids is 2. The van der Waals surface area contributed by atoms with E-state index in [1.165, 1.54) is 0 Å². The van der Waals surface area contributed by atoms with E-state index in [1.807, 2.05) is 49.4 Å². The number of nitrogens with zero attached hydrogens (tertiary/aromatic N) is 2. The maximum Gasteiger partial charge on any atom is 0.254 e. The topological polar surface area (TPSA) is 68.2 Å². The zero-order valence-electron chi connectivity index (χ0n) is 18.8. The van der Waals surface area contributed by atoms with E-state index in [1.54, 1.807) is 6.21 Å². The number of hydrazone groups is 1. The monoisotopic (exact) mass is 520 g/mol. The summed E-state index contributed by atoms with van der Waals surface area (Å²) in [7, 11) is 0. The van der Waals surface area contributed by atoms with Crippen LogP contribution in [0.15, 0.2) is 64.2 Å². The molecule has 0 N–H and O–H groups in total. The van der Waals surface area contributed by atoms with Gasteiger partial charge < -0.3 is 9.47 Å². The Morgan fingerprint density at radius 3 is 2.29 bits per heavy atom. The van der Waals surface area contributed by atoms with Crippen LogP contribution >= 0.6 is 15.9 Å². The number of amides is 2. The number of allylic oxidation sites excluding steroid dienone is 2. The van der Waals surface area contributed by atoms with E-state index in [2.05, 4.69) is 33.2 Å². The first kappa shape index (κ1) is 21.6. The predicted octanol–water partition coefficient (Wildman–Crippen LogP) is 4.81. The van der Waals surface area contributed by atoms with Crippen LogP contribution in [0.4, 0.5) is 0 Å². The molecule has 2 aromatic carbocycles. The van der Waals surface area contributed by atoms with Gasteiger partial charge in [-0.3, -0.25) is 9.59 Å². The Balaban J connectivity index is 1.18. The SMILES string of the molecule is CCOc1cc(/C=N\N2C(=O)[C@@H]3[C@H]4C=C[C@@H]([C@@H]5C[C@H]45)[C@@H]3C2=O)ccc1OCc1ccc(Br)cc1. The van der Waals surface area contributed by atoms with E-state index in [0.717, 1.165) is 27.0 Å². The average molecular weight is 521 g/mol. The van der Waals surface area contributed by atoms with Crippen LogP contribution in [0.25, 0.3) is 0 Å². The van der Waals surface area contributed by atoms with Gasteiger partial charge in [0, 0.05) is 4.47 Å². The summed E-state index contributed by atoms with van der Waals surface area (Å²) in [6, 6.07) is 13.4. The molecule has 2 aromatic rings. The molecular formula is C27H25BrN2O4. The van der Waals surface area contributed by atoms with Gasteiger partial charge in [-0.25, -0.2) is 0 Å². The Labute approximate surface area is 206 Å². The molecule has 0 unspecified atom stereocenters. The number of benzene rings is 2. The summed E-state index contributed by atoms with van der Waals surface area (Å²) in [6.45, 7) is 2.81. The van der Waals surface area contributed by atoms with Crippen LogP contribution in [0.2, 0.25) is 0 Å². The van der Waals surface area contributed by atoms with Crippen molar-refractivity contribution in [3.63, 3.8) is 0 Å². The van der Waals surface area contributed by atoms with Gasteiger partial charge in [-0.15, -0.1) is 0 Å². The van der Waals surface area contributed by atoms with Crippen molar-refractivity contribution in [2.75, 3.05) is 6.61 Å². The third-order valence-corrected chi connectivity index (χ3v) is 8.07. The van der Waals surface area contributed by atoms with E-state index >= 15 is 0 Å². The van der Waals surface area contributed by atoms with Gasteiger partial charge in [0.15, 0.2) is 11.5 Å². The fourth-order valence-electron chi connectivity index (χ4n) is 5.91. The Bertz CT molecular complexity index is 1170. The van der Waals surface area contributed by atoms with Gasteiger partial charge in [-0.2, -0.15) is 10.1 Å². The van der Waals surface area contributed by atoms with Crippen LogP contribution in [0, 0.1) is 35.5 Å². The van der Waals surface area contributed by atoms with E-state index in [9.17, 15) is 9.59 Å². The van der Waals surface area contributed by atoms with Gasteiger partial charge in [0.2, 0.25) is 0 Å².